The number of ether oxygens (including phenoxy) is 1. The lowest BCUT2D eigenvalue weighted by Crippen LogP contribution is -2.41. The van der Waals surface area contributed by atoms with Gasteiger partial charge in [0.05, 0.1) is 11.9 Å². The second-order valence-electron chi connectivity index (χ2n) is 2.66. The van der Waals surface area contributed by atoms with E-state index in [4.69, 9.17) is 4.74 Å². The van der Waals surface area contributed by atoms with Crippen LogP contribution in [0.5, 0.6) is 0 Å². The molecule has 1 fully saturated rings. The van der Waals surface area contributed by atoms with Crippen molar-refractivity contribution in [2.45, 2.75) is 18.1 Å². The van der Waals surface area contributed by atoms with Gasteiger partial charge in [0.2, 0.25) is 10.0 Å². The highest BCUT2D eigenvalue weighted by Gasteiger charge is 2.27. The second-order valence-corrected chi connectivity index (χ2v) is 4.70. The van der Waals surface area contributed by atoms with Crippen molar-refractivity contribution in [2.75, 3.05) is 20.3 Å². The molecular formula is C6H13NO3S. The SMILES string of the molecule is COCC1CCCNS1(=O)=O. The number of rotatable bonds is 2. The van der Waals surface area contributed by atoms with E-state index in [1.807, 2.05) is 0 Å². The summed E-state index contributed by atoms with van der Waals surface area (Å²) in [6, 6.07) is 0. The van der Waals surface area contributed by atoms with Gasteiger partial charge in [0, 0.05) is 13.7 Å². The van der Waals surface area contributed by atoms with Crippen LogP contribution in [0, 0.1) is 0 Å². The first-order valence-electron chi connectivity index (χ1n) is 3.64. The van der Waals surface area contributed by atoms with Gasteiger partial charge in [-0.1, -0.05) is 0 Å². The van der Waals surface area contributed by atoms with Crippen molar-refractivity contribution in [3.05, 3.63) is 0 Å². The molecule has 5 heteroatoms. The van der Waals surface area contributed by atoms with Crippen molar-refractivity contribution >= 4 is 10.0 Å². The molecule has 11 heavy (non-hydrogen) atoms. The van der Waals surface area contributed by atoms with Crippen LogP contribution in [0.25, 0.3) is 0 Å². The van der Waals surface area contributed by atoms with Gasteiger partial charge in [-0.2, -0.15) is 0 Å². The molecule has 66 valence electrons. The number of hydrogen-bond acceptors (Lipinski definition) is 3. The van der Waals surface area contributed by atoms with E-state index in [0.717, 1.165) is 6.42 Å². The Morgan fingerprint density at radius 2 is 2.36 bits per heavy atom. The van der Waals surface area contributed by atoms with Gasteiger partial charge in [0.15, 0.2) is 0 Å². The number of methoxy groups -OCH3 is 1. The number of nitrogens with one attached hydrogen (secondary N) is 1. The Morgan fingerprint density at radius 1 is 1.64 bits per heavy atom. The minimum atomic E-state index is -3.06. The van der Waals surface area contributed by atoms with Gasteiger partial charge in [-0.05, 0) is 12.8 Å². The molecule has 0 bridgehead atoms. The molecule has 1 saturated heterocycles. The fourth-order valence-corrected chi connectivity index (χ4v) is 2.63. The van der Waals surface area contributed by atoms with Gasteiger partial charge in [-0.25, -0.2) is 13.1 Å². The zero-order valence-electron chi connectivity index (χ0n) is 6.54. The summed E-state index contributed by atoms with van der Waals surface area (Å²) >= 11 is 0. The Bertz CT molecular complexity index is 210. The minimum absolute atomic E-state index is 0.301. The Balaban J connectivity index is 2.60. The zero-order valence-corrected chi connectivity index (χ0v) is 7.36. The molecule has 0 saturated carbocycles. The highest BCUT2D eigenvalue weighted by molar-refractivity contribution is 7.90. The van der Waals surface area contributed by atoms with Crippen LogP contribution in [0.1, 0.15) is 12.8 Å². The smallest absolute Gasteiger partial charge is 0.216 e. The van der Waals surface area contributed by atoms with Crippen LogP contribution in [0.2, 0.25) is 0 Å². The molecule has 1 aliphatic heterocycles. The van der Waals surface area contributed by atoms with Crippen molar-refractivity contribution in [3.8, 4) is 0 Å². The monoisotopic (exact) mass is 179 g/mol. The van der Waals surface area contributed by atoms with E-state index in [9.17, 15) is 8.42 Å². The molecule has 4 nitrogen and oxygen atoms in total. The van der Waals surface area contributed by atoms with Gasteiger partial charge >= 0.3 is 0 Å². The van der Waals surface area contributed by atoms with Gasteiger partial charge in [0.1, 0.15) is 0 Å². The molecule has 0 aromatic rings. The molecule has 0 spiro atoms. The summed E-state index contributed by atoms with van der Waals surface area (Å²) in [5.41, 5.74) is 0. The third-order valence-electron chi connectivity index (χ3n) is 1.80. The van der Waals surface area contributed by atoms with Crippen LogP contribution < -0.4 is 4.72 Å². The van der Waals surface area contributed by atoms with Crippen LogP contribution in [-0.4, -0.2) is 33.9 Å². The Labute approximate surface area is 67.0 Å². The molecule has 1 aliphatic rings. The predicted molar refractivity (Wildman–Crippen MR) is 41.8 cm³/mol. The lowest BCUT2D eigenvalue weighted by atomic mass is 10.2. The van der Waals surface area contributed by atoms with Gasteiger partial charge < -0.3 is 4.74 Å². The standard InChI is InChI=1S/C6H13NO3S/c1-10-5-6-3-2-4-7-11(6,8)9/h6-7H,2-5H2,1H3. The van der Waals surface area contributed by atoms with Gasteiger partial charge in [-0.3, -0.25) is 0 Å². The lowest BCUT2D eigenvalue weighted by molar-refractivity contribution is 0.191. The van der Waals surface area contributed by atoms with E-state index in [2.05, 4.69) is 4.72 Å². The number of sulfonamides is 1. The van der Waals surface area contributed by atoms with Gasteiger partial charge in [0.25, 0.3) is 0 Å². The highest BCUT2D eigenvalue weighted by atomic mass is 32.2. The average Bonchev–Trinajstić information content (AvgIpc) is 1.94. The van der Waals surface area contributed by atoms with E-state index >= 15 is 0 Å². The maximum absolute atomic E-state index is 11.2. The van der Waals surface area contributed by atoms with Crippen molar-refractivity contribution in [3.63, 3.8) is 0 Å². The molecular weight excluding hydrogens is 166 g/mol. The summed E-state index contributed by atoms with van der Waals surface area (Å²) in [6.45, 7) is 0.873. The summed E-state index contributed by atoms with van der Waals surface area (Å²) in [5, 5.41) is -0.346. The number of hydrogen-bond donors (Lipinski definition) is 1. The van der Waals surface area contributed by atoms with E-state index in [1.54, 1.807) is 0 Å². The minimum Gasteiger partial charge on any atom is -0.383 e. The van der Waals surface area contributed by atoms with E-state index in [-0.39, 0.29) is 5.25 Å². The van der Waals surface area contributed by atoms with Crippen LogP contribution in [0.15, 0.2) is 0 Å². The average molecular weight is 179 g/mol. The predicted octanol–water partition coefficient (Wildman–Crippen LogP) is -0.285. The molecule has 1 N–H and O–H groups in total. The Morgan fingerprint density at radius 3 is 2.91 bits per heavy atom. The molecule has 0 amide bonds. The second kappa shape index (κ2) is 3.51. The first-order valence-corrected chi connectivity index (χ1v) is 5.19. The van der Waals surface area contributed by atoms with Crippen molar-refractivity contribution in [1.29, 1.82) is 0 Å². The fourth-order valence-electron chi connectivity index (χ4n) is 1.18. The lowest BCUT2D eigenvalue weighted by Gasteiger charge is -2.21. The van der Waals surface area contributed by atoms with Crippen molar-refractivity contribution in [2.24, 2.45) is 0 Å². The largest absolute Gasteiger partial charge is 0.383 e. The highest BCUT2D eigenvalue weighted by Crippen LogP contribution is 2.12. The van der Waals surface area contributed by atoms with Crippen LogP contribution in [0.4, 0.5) is 0 Å². The fraction of sp³-hybridized carbons (Fsp3) is 1.00. The van der Waals surface area contributed by atoms with Crippen LogP contribution >= 0.6 is 0 Å². The normalized spacial score (nSPS) is 30.1. The summed E-state index contributed by atoms with van der Waals surface area (Å²) in [5.74, 6) is 0. The first kappa shape index (κ1) is 8.96. The summed E-state index contributed by atoms with van der Waals surface area (Å²) < 4.78 is 29.6. The summed E-state index contributed by atoms with van der Waals surface area (Å²) in [4.78, 5) is 0. The zero-order chi connectivity index (χ0) is 8.32. The third-order valence-corrected chi connectivity index (χ3v) is 3.65. The van der Waals surface area contributed by atoms with Crippen LogP contribution in [-0.2, 0) is 14.8 Å². The van der Waals surface area contributed by atoms with E-state index in [0.29, 0.717) is 19.6 Å². The Hall–Kier alpha value is -0.130. The van der Waals surface area contributed by atoms with E-state index < -0.39 is 10.0 Å². The third kappa shape index (κ3) is 2.15. The van der Waals surface area contributed by atoms with Crippen LogP contribution in [0.3, 0.4) is 0 Å². The summed E-state index contributed by atoms with van der Waals surface area (Å²) in [6.07, 6.45) is 1.62. The molecule has 1 atom stereocenters. The molecule has 0 radical (unpaired) electrons. The van der Waals surface area contributed by atoms with Crippen molar-refractivity contribution in [1.82, 2.24) is 4.72 Å². The van der Waals surface area contributed by atoms with Crippen molar-refractivity contribution < 1.29 is 13.2 Å². The van der Waals surface area contributed by atoms with Gasteiger partial charge in [-0.15, -0.1) is 0 Å². The van der Waals surface area contributed by atoms with E-state index in [1.165, 1.54) is 7.11 Å². The molecule has 0 aromatic carbocycles. The molecule has 1 rings (SSSR count). The molecule has 1 unspecified atom stereocenters. The first-order chi connectivity index (χ1) is 5.17. The maximum atomic E-state index is 11.2. The topological polar surface area (TPSA) is 55.4 Å². The molecule has 1 heterocycles. The molecule has 0 aromatic heterocycles. The Kier molecular flexibility index (Phi) is 2.86. The maximum Gasteiger partial charge on any atom is 0.216 e. The summed E-state index contributed by atoms with van der Waals surface area (Å²) in [7, 11) is -1.54. The molecule has 0 aliphatic carbocycles. The quantitative estimate of drug-likeness (QED) is 0.634.